The van der Waals surface area contributed by atoms with Crippen molar-refractivity contribution in [1.29, 1.82) is 0 Å². The molecule has 64 valence electrons. The van der Waals surface area contributed by atoms with Crippen molar-refractivity contribution in [2.24, 2.45) is 0 Å². The van der Waals surface area contributed by atoms with Gasteiger partial charge in [0.25, 0.3) is 0 Å². The number of carbonyl (C=O) groups is 1. The summed E-state index contributed by atoms with van der Waals surface area (Å²) >= 11 is 1.64. The first-order valence-electron chi connectivity index (χ1n) is 3.68. The Balaban J connectivity index is 2.77. The quantitative estimate of drug-likeness (QED) is 0.694. The van der Waals surface area contributed by atoms with Gasteiger partial charge in [-0.25, -0.2) is 0 Å². The van der Waals surface area contributed by atoms with E-state index in [1.807, 2.05) is 24.4 Å². The number of nitrogens with one attached hydrogen (secondary N) is 1. The van der Waals surface area contributed by atoms with Crippen molar-refractivity contribution >= 4 is 22.8 Å². The molecular weight excluding hydrogens is 170 g/mol. The van der Waals surface area contributed by atoms with Crippen LogP contribution in [0.3, 0.4) is 0 Å². The van der Waals surface area contributed by atoms with E-state index in [2.05, 4.69) is 5.32 Å². The fourth-order valence-corrected chi connectivity index (χ4v) is 1.55. The second-order valence-corrected chi connectivity index (χ2v) is 3.37. The Kier molecular flexibility index (Phi) is 3.05. The van der Waals surface area contributed by atoms with Crippen molar-refractivity contribution in [1.82, 2.24) is 5.32 Å². The van der Waals surface area contributed by atoms with E-state index in [1.54, 1.807) is 24.5 Å². The maximum atomic E-state index is 10.9. The van der Waals surface area contributed by atoms with Gasteiger partial charge in [-0.1, -0.05) is 6.07 Å². The lowest BCUT2D eigenvalue weighted by Crippen LogP contribution is -2.14. The summed E-state index contributed by atoms with van der Waals surface area (Å²) in [6.07, 6.45) is 1.60. The molecule has 1 rings (SSSR count). The van der Waals surface area contributed by atoms with E-state index in [0.29, 0.717) is 0 Å². The number of allylic oxidation sites excluding steroid dienone is 1. The second kappa shape index (κ2) is 4.07. The highest BCUT2D eigenvalue weighted by atomic mass is 32.1. The zero-order valence-corrected chi connectivity index (χ0v) is 7.94. The first-order chi connectivity index (χ1) is 5.74. The van der Waals surface area contributed by atoms with Gasteiger partial charge in [0.1, 0.15) is 0 Å². The first-order valence-corrected chi connectivity index (χ1v) is 4.56. The summed E-state index contributed by atoms with van der Waals surface area (Å²) in [5, 5.41) is 4.54. The number of likely N-dealkylation sites (N-methyl/N-ethyl adjacent to an activating group) is 1. The number of hydrogen-bond donors (Lipinski definition) is 1. The lowest BCUT2D eigenvalue weighted by molar-refractivity contribution is -0.116. The summed E-state index contributed by atoms with van der Waals surface area (Å²) < 4.78 is 0. The van der Waals surface area contributed by atoms with Gasteiger partial charge in [-0.15, -0.1) is 11.3 Å². The molecule has 0 saturated heterocycles. The lowest BCUT2D eigenvalue weighted by Gasteiger charge is -1.95. The van der Waals surface area contributed by atoms with Gasteiger partial charge >= 0.3 is 0 Å². The van der Waals surface area contributed by atoms with Crippen molar-refractivity contribution < 1.29 is 4.79 Å². The molecule has 1 amide bonds. The molecule has 2 nitrogen and oxygen atoms in total. The fourth-order valence-electron chi connectivity index (χ4n) is 0.843. The average Bonchev–Trinajstić information content (AvgIpc) is 2.56. The van der Waals surface area contributed by atoms with Gasteiger partial charge in [0.15, 0.2) is 0 Å². The molecule has 0 bridgehead atoms. The van der Waals surface area contributed by atoms with Crippen LogP contribution >= 0.6 is 11.3 Å². The number of hydrogen-bond acceptors (Lipinski definition) is 2. The summed E-state index contributed by atoms with van der Waals surface area (Å²) in [4.78, 5) is 12.1. The third kappa shape index (κ3) is 2.20. The predicted octanol–water partition coefficient (Wildman–Crippen LogP) is 1.90. The van der Waals surface area contributed by atoms with Crippen molar-refractivity contribution in [3.05, 3.63) is 28.5 Å². The van der Waals surface area contributed by atoms with E-state index >= 15 is 0 Å². The third-order valence-electron chi connectivity index (χ3n) is 1.50. The van der Waals surface area contributed by atoms with Crippen LogP contribution in [0.1, 0.15) is 11.8 Å². The Morgan fingerprint density at radius 1 is 1.67 bits per heavy atom. The van der Waals surface area contributed by atoms with Crippen LogP contribution in [0, 0.1) is 0 Å². The number of thiophene rings is 1. The van der Waals surface area contributed by atoms with E-state index in [4.69, 9.17) is 0 Å². The summed E-state index contributed by atoms with van der Waals surface area (Å²) in [6, 6.07) is 3.97. The number of carbonyl (C=O) groups excluding carboxylic acids is 1. The van der Waals surface area contributed by atoms with Crippen LogP contribution in [0.25, 0.3) is 5.57 Å². The van der Waals surface area contributed by atoms with Crippen molar-refractivity contribution in [2.45, 2.75) is 6.92 Å². The zero-order chi connectivity index (χ0) is 8.97. The minimum atomic E-state index is -0.0547. The molecule has 0 aromatic carbocycles. The van der Waals surface area contributed by atoms with Gasteiger partial charge in [-0.05, 0) is 23.9 Å². The average molecular weight is 181 g/mol. The normalized spacial score (nSPS) is 11.3. The standard InChI is InChI=1S/C9H11NOS/c1-7(6-9(11)10-2)8-4-3-5-12-8/h3-6H,1-2H3,(H,10,11)/b7-6+. The second-order valence-electron chi connectivity index (χ2n) is 2.42. The molecule has 0 saturated carbocycles. The lowest BCUT2D eigenvalue weighted by atomic mass is 10.2. The molecule has 0 aliphatic carbocycles. The van der Waals surface area contributed by atoms with E-state index in [1.165, 1.54) is 0 Å². The molecule has 0 spiro atoms. The smallest absolute Gasteiger partial charge is 0.244 e. The fraction of sp³-hybridized carbons (Fsp3) is 0.222. The molecule has 3 heteroatoms. The summed E-state index contributed by atoms with van der Waals surface area (Å²) in [6.45, 7) is 1.93. The molecule has 1 heterocycles. The van der Waals surface area contributed by atoms with Crippen LogP contribution in [0.2, 0.25) is 0 Å². The molecule has 0 radical (unpaired) electrons. The van der Waals surface area contributed by atoms with Crippen molar-refractivity contribution in [3.63, 3.8) is 0 Å². The first kappa shape index (κ1) is 9.00. The molecule has 0 fully saturated rings. The molecule has 0 atom stereocenters. The Morgan fingerprint density at radius 3 is 2.92 bits per heavy atom. The highest BCUT2D eigenvalue weighted by Crippen LogP contribution is 2.18. The van der Waals surface area contributed by atoms with Crippen LogP contribution in [-0.4, -0.2) is 13.0 Å². The maximum absolute atomic E-state index is 10.9. The van der Waals surface area contributed by atoms with Gasteiger partial charge in [0, 0.05) is 18.0 Å². The van der Waals surface area contributed by atoms with Crippen molar-refractivity contribution in [2.75, 3.05) is 7.05 Å². The van der Waals surface area contributed by atoms with E-state index in [-0.39, 0.29) is 5.91 Å². The van der Waals surface area contributed by atoms with Crippen LogP contribution < -0.4 is 5.32 Å². The minimum absolute atomic E-state index is 0.0547. The monoisotopic (exact) mass is 181 g/mol. The van der Waals surface area contributed by atoms with Gasteiger partial charge in [-0.2, -0.15) is 0 Å². The SMILES string of the molecule is CNC(=O)/C=C(\C)c1cccs1. The zero-order valence-electron chi connectivity index (χ0n) is 7.13. The Morgan fingerprint density at radius 2 is 2.42 bits per heavy atom. The molecule has 12 heavy (non-hydrogen) atoms. The van der Waals surface area contributed by atoms with Crippen LogP contribution in [0.5, 0.6) is 0 Å². The third-order valence-corrected chi connectivity index (χ3v) is 2.51. The Bertz CT molecular complexity index is 287. The van der Waals surface area contributed by atoms with Gasteiger partial charge in [0.2, 0.25) is 5.91 Å². The molecule has 1 N–H and O–H groups in total. The summed E-state index contributed by atoms with van der Waals surface area (Å²) in [5.41, 5.74) is 1.00. The highest BCUT2D eigenvalue weighted by molar-refractivity contribution is 7.11. The van der Waals surface area contributed by atoms with Gasteiger partial charge < -0.3 is 5.32 Å². The number of amides is 1. The molecule has 0 aliphatic rings. The van der Waals surface area contributed by atoms with Crippen LogP contribution in [0.15, 0.2) is 23.6 Å². The van der Waals surface area contributed by atoms with E-state index in [0.717, 1.165) is 10.5 Å². The number of rotatable bonds is 2. The molecule has 1 aromatic rings. The molecular formula is C9H11NOS. The maximum Gasteiger partial charge on any atom is 0.244 e. The molecule has 0 aliphatic heterocycles. The van der Waals surface area contributed by atoms with Crippen LogP contribution in [-0.2, 0) is 4.79 Å². The van der Waals surface area contributed by atoms with Gasteiger partial charge in [0.05, 0.1) is 0 Å². The summed E-state index contributed by atoms with van der Waals surface area (Å²) in [7, 11) is 1.63. The van der Waals surface area contributed by atoms with E-state index in [9.17, 15) is 4.79 Å². The topological polar surface area (TPSA) is 29.1 Å². The predicted molar refractivity (Wildman–Crippen MR) is 52.0 cm³/mol. The highest BCUT2D eigenvalue weighted by Gasteiger charge is 1.98. The molecule has 1 aromatic heterocycles. The van der Waals surface area contributed by atoms with Crippen LogP contribution in [0.4, 0.5) is 0 Å². The Hall–Kier alpha value is -1.09. The van der Waals surface area contributed by atoms with Gasteiger partial charge in [-0.3, -0.25) is 4.79 Å². The summed E-state index contributed by atoms with van der Waals surface area (Å²) in [5.74, 6) is -0.0547. The van der Waals surface area contributed by atoms with Crippen molar-refractivity contribution in [3.8, 4) is 0 Å². The largest absolute Gasteiger partial charge is 0.356 e. The van der Waals surface area contributed by atoms with E-state index < -0.39 is 0 Å². The molecule has 0 unspecified atom stereocenters. The Labute approximate surface area is 75.9 Å². The minimum Gasteiger partial charge on any atom is -0.356 e.